The van der Waals surface area contributed by atoms with Crippen LogP contribution >= 0.6 is 12.6 Å². The average Bonchev–Trinajstić information content (AvgIpc) is 2.28. The second-order valence-corrected chi connectivity index (χ2v) is 3.97. The molecule has 0 fully saturated rings. The molecule has 0 aliphatic rings. The lowest BCUT2D eigenvalue weighted by molar-refractivity contribution is 0.0171. The zero-order valence-electron chi connectivity index (χ0n) is 8.80. The van der Waals surface area contributed by atoms with Gasteiger partial charge in [-0.1, -0.05) is 24.3 Å². The highest BCUT2D eigenvalue weighted by atomic mass is 32.1. The van der Waals surface area contributed by atoms with Crippen LogP contribution in [-0.2, 0) is 0 Å². The van der Waals surface area contributed by atoms with Crippen molar-refractivity contribution in [2.75, 3.05) is 5.75 Å². The van der Waals surface area contributed by atoms with E-state index in [1.165, 1.54) is 0 Å². The molecule has 5 N–H and O–H groups in total. The summed E-state index contributed by atoms with van der Waals surface area (Å²) < 4.78 is 0. The Morgan fingerprint density at radius 2 is 2.00 bits per heavy atom. The molecule has 5 heteroatoms. The quantitative estimate of drug-likeness (QED) is 0.298. The lowest BCUT2D eigenvalue weighted by Gasteiger charge is -2.19. The van der Waals surface area contributed by atoms with Gasteiger partial charge in [-0.15, -0.1) is 0 Å². The molecule has 0 radical (unpaired) electrons. The van der Waals surface area contributed by atoms with Gasteiger partial charge in [-0.05, 0) is 17.7 Å². The summed E-state index contributed by atoms with van der Waals surface area (Å²) in [5.74, 6) is 0.369. The Labute approximate surface area is 100 Å². The van der Waals surface area contributed by atoms with Gasteiger partial charge < -0.3 is 15.9 Å². The van der Waals surface area contributed by atoms with Crippen LogP contribution in [0.3, 0.4) is 0 Å². The zero-order chi connectivity index (χ0) is 12.1. The van der Waals surface area contributed by atoms with Crippen LogP contribution < -0.4 is 5.73 Å². The van der Waals surface area contributed by atoms with E-state index in [2.05, 4.69) is 12.6 Å². The van der Waals surface area contributed by atoms with Crippen molar-refractivity contribution in [2.24, 2.45) is 5.73 Å². The molecular formula is C11H16N2O2S. The number of aliphatic hydroxyl groups is 2. The van der Waals surface area contributed by atoms with E-state index < -0.39 is 12.2 Å². The molecule has 0 saturated carbocycles. The molecule has 1 aromatic carbocycles. The first-order valence-electron chi connectivity index (χ1n) is 4.98. The normalized spacial score (nSPS) is 14.4. The standard InChI is InChI=1S/C11H16N2O2S/c12-11(13)8-4-2-1-3-7(8)10(15)9(14)5-6-16/h1-4,9-10,14-16H,5-6H2,(H3,12,13). The van der Waals surface area contributed by atoms with Crippen LogP contribution in [0.25, 0.3) is 0 Å². The fraction of sp³-hybridized carbons (Fsp3) is 0.364. The van der Waals surface area contributed by atoms with Gasteiger partial charge in [0.2, 0.25) is 0 Å². The average molecular weight is 240 g/mol. The van der Waals surface area contributed by atoms with Crippen LogP contribution in [0.5, 0.6) is 0 Å². The Kier molecular flexibility index (Phi) is 4.79. The summed E-state index contributed by atoms with van der Waals surface area (Å²) in [6.07, 6.45) is -1.54. The van der Waals surface area contributed by atoms with Gasteiger partial charge in [0.05, 0.1) is 6.10 Å². The largest absolute Gasteiger partial charge is 0.390 e. The number of nitrogens with one attached hydrogen (secondary N) is 1. The summed E-state index contributed by atoms with van der Waals surface area (Å²) in [6, 6.07) is 6.77. The minimum absolute atomic E-state index is 0.118. The third kappa shape index (κ3) is 2.98. The molecule has 0 bridgehead atoms. The molecule has 4 nitrogen and oxygen atoms in total. The smallest absolute Gasteiger partial charge is 0.123 e. The lowest BCUT2D eigenvalue weighted by atomic mass is 9.97. The van der Waals surface area contributed by atoms with Crippen LogP contribution in [-0.4, -0.2) is 27.9 Å². The van der Waals surface area contributed by atoms with E-state index in [1.54, 1.807) is 24.3 Å². The van der Waals surface area contributed by atoms with Crippen molar-refractivity contribution in [3.05, 3.63) is 35.4 Å². The van der Waals surface area contributed by atoms with Crippen LogP contribution in [0.2, 0.25) is 0 Å². The number of thiol groups is 1. The number of nitrogens with two attached hydrogens (primary N) is 1. The van der Waals surface area contributed by atoms with Crippen molar-refractivity contribution in [3.63, 3.8) is 0 Å². The maximum absolute atomic E-state index is 9.91. The number of hydrogen-bond acceptors (Lipinski definition) is 4. The number of rotatable bonds is 5. The molecule has 1 rings (SSSR count). The molecule has 16 heavy (non-hydrogen) atoms. The molecule has 0 aliphatic heterocycles. The number of benzene rings is 1. The fourth-order valence-electron chi connectivity index (χ4n) is 1.50. The summed E-state index contributed by atoms with van der Waals surface area (Å²) in [4.78, 5) is 0. The molecule has 0 heterocycles. The minimum atomic E-state index is -1.03. The van der Waals surface area contributed by atoms with Crippen molar-refractivity contribution in [3.8, 4) is 0 Å². The van der Waals surface area contributed by atoms with Crippen LogP contribution in [0.15, 0.2) is 24.3 Å². The highest BCUT2D eigenvalue weighted by Crippen LogP contribution is 2.22. The number of amidine groups is 1. The summed E-state index contributed by atoms with van der Waals surface area (Å²) in [5, 5.41) is 27.0. The molecule has 2 unspecified atom stereocenters. The van der Waals surface area contributed by atoms with E-state index in [4.69, 9.17) is 11.1 Å². The molecule has 0 aromatic heterocycles. The van der Waals surface area contributed by atoms with E-state index in [-0.39, 0.29) is 5.84 Å². The lowest BCUT2D eigenvalue weighted by Crippen LogP contribution is -2.23. The van der Waals surface area contributed by atoms with E-state index in [0.717, 1.165) is 0 Å². The first-order valence-corrected chi connectivity index (χ1v) is 5.61. The summed E-state index contributed by atoms with van der Waals surface area (Å²) in [6.45, 7) is 0. The van der Waals surface area contributed by atoms with Gasteiger partial charge >= 0.3 is 0 Å². The molecule has 1 aromatic rings. The second kappa shape index (κ2) is 5.89. The minimum Gasteiger partial charge on any atom is -0.390 e. The van der Waals surface area contributed by atoms with Gasteiger partial charge in [0.1, 0.15) is 11.9 Å². The van der Waals surface area contributed by atoms with E-state index in [0.29, 0.717) is 23.3 Å². The molecule has 0 amide bonds. The van der Waals surface area contributed by atoms with Crippen molar-refractivity contribution in [1.82, 2.24) is 0 Å². The van der Waals surface area contributed by atoms with Gasteiger partial charge in [0, 0.05) is 5.56 Å². The van der Waals surface area contributed by atoms with Crippen LogP contribution in [0.1, 0.15) is 23.7 Å². The number of nitrogen functional groups attached to an aromatic ring is 1. The SMILES string of the molecule is N=C(N)c1ccccc1C(O)C(O)CCS. The van der Waals surface area contributed by atoms with Crippen molar-refractivity contribution < 1.29 is 10.2 Å². The van der Waals surface area contributed by atoms with E-state index in [1.807, 2.05) is 0 Å². The Bertz CT molecular complexity index is 371. The Morgan fingerprint density at radius 3 is 2.56 bits per heavy atom. The van der Waals surface area contributed by atoms with Crippen molar-refractivity contribution in [1.29, 1.82) is 5.41 Å². The molecule has 0 saturated heterocycles. The van der Waals surface area contributed by atoms with Gasteiger partial charge in [-0.25, -0.2) is 0 Å². The predicted octanol–water partition coefficient (Wildman–Crippen LogP) is 0.685. The molecule has 0 aliphatic carbocycles. The molecule has 0 spiro atoms. The first-order chi connectivity index (χ1) is 7.57. The van der Waals surface area contributed by atoms with Crippen molar-refractivity contribution >= 4 is 18.5 Å². The molecule has 88 valence electrons. The number of aliphatic hydroxyl groups excluding tert-OH is 2. The van der Waals surface area contributed by atoms with E-state index >= 15 is 0 Å². The molecular weight excluding hydrogens is 224 g/mol. The highest BCUT2D eigenvalue weighted by molar-refractivity contribution is 7.80. The Hall–Kier alpha value is -1.04. The summed E-state index contributed by atoms with van der Waals surface area (Å²) in [7, 11) is 0. The zero-order valence-corrected chi connectivity index (χ0v) is 9.69. The monoisotopic (exact) mass is 240 g/mol. The van der Waals surface area contributed by atoms with Crippen LogP contribution in [0.4, 0.5) is 0 Å². The van der Waals surface area contributed by atoms with Gasteiger partial charge in [-0.3, -0.25) is 5.41 Å². The predicted molar refractivity (Wildman–Crippen MR) is 66.9 cm³/mol. The van der Waals surface area contributed by atoms with Gasteiger partial charge in [-0.2, -0.15) is 12.6 Å². The first kappa shape index (κ1) is 13.0. The third-order valence-corrected chi connectivity index (χ3v) is 2.62. The maximum atomic E-state index is 9.91. The van der Waals surface area contributed by atoms with Gasteiger partial charge in [0.25, 0.3) is 0 Å². The van der Waals surface area contributed by atoms with Crippen molar-refractivity contribution in [2.45, 2.75) is 18.6 Å². The summed E-state index contributed by atoms with van der Waals surface area (Å²) >= 11 is 4.00. The second-order valence-electron chi connectivity index (χ2n) is 3.53. The topological polar surface area (TPSA) is 90.3 Å². The Morgan fingerprint density at radius 1 is 1.38 bits per heavy atom. The molecule has 2 atom stereocenters. The maximum Gasteiger partial charge on any atom is 0.123 e. The van der Waals surface area contributed by atoms with Gasteiger partial charge in [0.15, 0.2) is 0 Å². The fourth-order valence-corrected chi connectivity index (χ4v) is 1.76. The third-order valence-electron chi connectivity index (χ3n) is 2.36. The van der Waals surface area contributed by atoms with Crippen LogP contribution in [0, 0.1) is 5.41 Å². The van der Waals surface area contributed by atoms with E-state index in [9.17, 15) is 10.2 Å². The Balaban J connectivity index is 2.98. The summed E-state index contributed by atoms with van der Waals surface area (Å²) in [5.41, 5.74) is 6.33. The highest BCUT2D eigenvalue weighted by Gasteiger charge is 2.20. The number of hydrogen-bond donors (Lipinski definition) is 5.